The summed E-state index contributed by atoms with van der Waals surface area (Å²) in [6.07, 6.45) is 0. The summed E-state index contributed by atoms with van der Waals surface area (Å²) in [7, 11) is -1.22. The molecule has 0 aliphatic heterocycles. The summed E-state index contributed by atoms with van der Waals surface area (Å²) in [5, 5.41) is 0. The van der Waals surface area contributed by atoms with E-state index in [0.29, 0.717) is 6.61 Å². The van der Waals surface area contributed by atoms with Crippen molar-refractivity contribution in [3.8, 4) is 0 Å². The summed E-state index contributed by atoms with van der Waals surface area (Å²) < 4.78 is 5.40. The van der Waals surface area contributed by atoms with Gasteiger partial charge in [-0.15, -0.1) is 0 Å². The van der Waals surface area contributed by atoms with Crippen LogP contribution in [0.1, 0.15) is 5.56 Å². The summed E-state index contributed by atoms with van der Waals surface area (Å²) in [4.78, 5) is 0. The molecule has 58 valence electrons. The molecule has 0 heterocycles. The Labute approximate surface area is 84.8 Å². The van der Waals surface area contributed by atoms with Crippen LogP contribution in [0.3, 0.4) is 0 Å². The minimum absolute atomic E-state index is 0.689. The van der Waals surface area contributed by atoms with E-state index in [1.54, 1.807) is 0 Å². The van der Waals surface area contributed by atoms with E-state index in [1.807, 2.05) is 18.2 Å². The lowest BCUT2D eigenvalue weighted by Crippen LogP contribution is -1.99. The smallest absolute Gasteiger partial charge is 0.480 e. The van der Waals surface area contributed by atoms with Gasteiger partial charge < -0.3 is 3.79 Å². The van der Waals surface area contributed by atoms with E-state index >= 15 is 0 Å². The zero-order valence-corrected chi connectivity index (χ0v) is 10.2. The van der Waals surface area contributed by atoms with Gasteiger partial charge in [0.05, 0.1) is 0 Å². The Kier molecular flexibility index (Phi) is 4.74. The van der Waals surface area contributed by atoms with E-state index in [4.69, 9.17) is 3.79 Å². The summed E-state index contributed by atoms with van der Waals surface area (Å²) >= 11 is 6.73. The van der Waals surface area contributed by atoms with Gasteiger partial charge >= 0.3 is 10.8 Å². The second-order valence-electron chi connectivity index (χ2n) is 2.06. The van der Waals surface area contributed by atoms with Crippen molar-refractivity contribution in [2.45, 2.75) is 6.61 Å². The molecule has 1 aromatic carbocycles. The molecular weight excluding hydrogens is 287 g/mol. The van der Waals surface area contributed by atoms with Crippen LogP contribution in [0.15, 0.2) is 30.3 Å². The fraction of sp³-hybridized carbons (Fsp3) is 0.143. The summed E-state index contributed by atoms with van der Waals surface area (Å²) in [5.74, 6) is 0. The van der Waals surface area contributed by atoms with Gasteiger partial charge in [-0.05, 0) is 5.56 Å². The predicted molar refractivity (Wildman–Crippen MR) is 54.8 cm³/mol. The Morgan fingerprint density at radius 2 is 1.82 bits per heavy atom. The number of hydrogen-bond donors (Lipinski definition) is 0. The highest BCUT2D eigenvalue weighted by Gasteiger charge is 2.10. The van der Waals surface area contributed by atoms with Crippen molar-refractivity contribution < 1.29 is 3.79 Å². The molecule has 0 radical (unpaired) electrons. The zero-order chi connectivity index (χ0) is 8.10. The van der Waals surface area contributed by atoms with Crippen molar-refractivity contribution in [3.63, 3.8) is 0 Å². The molecule has 1 nitrogen and oxygen atoms in total. The molecule has 0 saturated heterocycles. The van der Waals surface area contributed by atoms with Gasteiger partial charge in [-0.25, -0.2) is 0 Å². The second-order valence-corrected chi connectivity index (χ2v) is 11.6. The third-order valence-corrected chi connectivity index (χ3v) is 3.22. The quantitative estimate of drug-likeness (QED) is 0.779. The van der Waals surface area contributed by atoms with Crippen LogP contribution in [0, 0.1) is 0 Å². The van der Waals surface area contributed by atoms with Crippen LogP contribution in [0.5, 0.6) is 0 Å². The van der Waals surface area contributed by atoms with Crippen LogP contribution in [0.4, 0.5) is 0 Å². The van der Waals surface area contributed by atoms with E-state index in [0.717, 1.165) is 0 Å². The van der Waals surface area contributed by atoms with Gasteiger partial charge in [-0.1, -0.05) is 30.3 Å². The summed E-state index contributed by atoms with van der Waals surface area (Å²) in [6, 6.07) is 10.1. The lowest BCUT2D eigenvalue weighted by molar-refractivity contribution is 0.332. The first-order chi connectivity index (χ1) is 5.29. The molecule has 0 amide bonds. The van der Waals surface area contributed by atoms with Gasteiger partial charge in [0.2, 0.25) is 0 Å². The molecule has 1 aromatic rings. The second kappa shape index (κ2) is 5.34. The van der Waals surface area contributed by atoms with Gasteiger partial charge in [0.15, 0.2) is 0 Å². The SMILES string of the molecule is [Br][Al]([Br])[O]Cc1ccccc1. The van der Waals surface area contributed by atoms with Gasteiger partial charge in [-0.2, -0.15) is 28.1 Å². The van der Waals surface area contributed by atoms with Crippen molar-refractivity contribution in [2.75, 3.05) is 0 Å². The Hall–Kier alpha value is 0.672. The topological polar surface area (TPSA) is 9.23 Å². The molecule has 0 unspecified atom stereocenters. The Balaban J connectivity index is 2.39. The van der Waals surface area contributed by atoms with Crippen LogP contribution >= 0.6 is 28.1 Å². The molecule has 1 rings (SSSR count). The van der Waals surface area contributed by atoms with Crippen molar-refractivity contribution >= 4 is 38.9 Å². The van der Waals surface area contributed by atoms with E-state index in [-0.39, 0.29) is 0 Å². The molecular formula is C7H7AlBr2O. The highest BCUT2D eigenvalue weighted by molar-refractivity contribution is 9.48. The molecule has 0 fully saturated rings. The maximum Gasteiger partial charge on any atom is 0.653 e. The maximum atomic E-state index is 5.40. The minimum atomic E-state index is -1.22. The van der Waals surface area contributed by atoms with Gasteiger partial charge in [0, 0.05) is 6.61 Å². The van der Waals surface area contributed by atoms with Crippen LogP contribution < -0.4 is 0 Å². The van der Waals surface area contributed by atoms with E-state index in [2.05, 4.69) is 40.2 Å². The van der Waals surface area contributed by atoms with Crippen LogP contribution in [-0.4, -0.2) is 10.8 Å². The fourth-order valence-electron chi connectivity index (χ4n) is 0.733. The largest absolute Gasteiger partial charge is 0.653 e. The highest BCUT2D eigenvalue weighted by atomic mass is 79.9. The average Bonchev–Trinajstić information content (AvgIpc) is 2.03. The first kappa shape index (κ1) is 9.76. The molecule has 0 aliphatic carbocycles. The van der Waals surface area contributed by atoms with E-state index in [1.165, 1.54) is 5.56 Å². The van der Waals surface area contributed by atoms with E-state index in [9.17, 15) is 0 Å². The Morgan fingerprint density at radius 3 is 2.36 bits per heavy atom. The molecule has 0 saturated carbocycles. The molecule has 11 heavy (non-hydrogen) atoms. The first-order valence-electron chi connectivity index (χ1n) is 3.23. The predicted octanol–water partition coefficient (Wildman–Crippen LogP) is 2.98. The van der Waals surface area contributed by atoms with Crippen molar-refractivity contribution in [2.24, 2.45) is 0 Å². The average molecular weight is 294 g/mol. The lowest BCUT2D eigenvalue weighted by Gasteiger charge is -2.01. The number of rotatable bonds is 3. The lowest BCUT2D eigenvalue weighted by atomic mass is 10.2. The van der Waals surface area contributed by atoms with Gasteiger partial charge in [0.1, 0.15) is 0 Å². The summed E-state index contributed by atoms with van der Waals surface area (Å²) in [6.45, 7) is 0.689. The van der Waals surface area contributed by atoms with Gasteiger partial charge in [0.25, 0.3) is 0 Å². The Morgan fingerprint density at radius 1 is 1.18 bits per heavy atom. The molecule has 0 spiro atoms. The molecule has 0 N–H and O–H groups in total. The summed E-state index contributed by atoms with van der Waals surface area (Å²) in [5.41, 5.74) is 1.21. The van der Waals surface area contributed by atoms with Crippen LogP contribution in [0.2, 0.25) is 0 Å². The van der Waals surface area contributed by atoms with Crippen molar-refractivity contribution in [3.05, 3.63) is 35.9 Å². The van der Waals surface area contributed by atoms with Crippen LogP contribution in [0.25, 0.3) is 0 Å². The molecule has 0 aliphatic rings. The number of benzene rings is 1. The standard InChI is InChI=1S/C7H7O.Al.2BrH/c8-6-7-4-2-1-3-5-7;;;/h1-5H,6H2;;2*1H/q-1;+3;;/p-2. The minimum Gasteiger partial charge on any atom is -0.480 e. The van der Waals surface area contributed by atoms with Crippen molar-refractivity contribution in [1.29, 1.82) is 0 Å². The molecule has 0 bridgehead atoms. The molecule has 0 atom stereocenters. The van der Waals surface area contributed by atoms with Crippen LogP contribution in [-0.2, 0) is 10.4 Å². The number of hydrogen-bond acceptors (Lipinski definition) is 1. The monoisotopic (exact) mass is 292 g/mol. The maximum absolute atomic E-state index is 5.40. The molecule has 4 heteroatoms. The molecule has 0 aromatic heterocycles. The highest BCUT2D eigenvalue weighted by Crippen LogP contribution is 2.08. The number of halogens is 2. The third kappa shape index (κ3) is 4.29. The Bertz CT molecular complexity index is 203. The van der Waals surface area contributed by atoms with Crippen molar-refractivity contribution in [1.82, 2.24) is 0 Å². The fourth-order valence-corrected chi connectivity index (χ4v) is 1.84. The van der Waals surface area contributed by atoms with Gasteiger partial charge in [-0.3, -0.25) is 0 Å². The van der Waals surface area contributed by atoms with E-state index < -0.39 is 10.8 Å². The normalized spacial score (nSPS) is 9.64. The third-order valence-electron chi connectivity index (χ3n) is 1.22. The first-order valence-corrected chi connectivity index (χ1v) is 10.1. The zero-order valence-electron chi connectivity index (χ0n) is 5.84.